The molecule has 0 amide bonds. The summed E-state index contributed by atoms with van der Waals surface area (Å²) in [7, 11) is 0. The van der Waals surface area contributed by atoms with Crippen molar-refractivity contribution in [1.29, 1.82) is 0 Å². The zero-order valence-electron chi connectivity index (χ0n) is 6.81. The molecule has 1 aromatic carbocycles. The average Bonchev–Trinajstić information content (AvgIpc) is 2.15. The van der Waals surface area contributed by atoms with Crippen LogP contribution >= 0.6 is 0 Å². The first-order chi connectivity index (χ1) is 6.24. The minimum atomic E-state index is -1.03. The van der Waals surface area contributed by atoms with E-state index in [1.54, 1.807) is 24.3 Å². The third-order valence-corrected chi connectivity index (χ3v) is 1.53. The third-order valence-electron chi connectivity index (χ3n) is 1.53. The molecule has 0 bridgehead atoms. The lowest BCUT2D eigenvalue weighted by Crippen LogP contribution is -1.88. The van der Waals surface area contributed by atoms with Gasteiger partial charge in [-0.1, -0.05) is 24.3 Å². The van der Waals surface area contributed by atoms with Crippen LogP contribution in [0, 0.1) is 0 Å². The summed E-state index contributed by atoms with van der Waals surface area (Å²) in [6.45, 7) is 0. The van der Waals surface area contributed by atoms with Crippen molar-refractivity contribution in [1.82, 2.24) is 0 Å². The summed E-state index contributed by atoms with van der Waals surface area (Å²) in [5.41, 5.74) is 1.10. The summed E-state index contributed by atoms with van der Waals surface area (Å²) in [5.74, 6) is -1.03. The van der Waals surface area contributed by atoms with Gasteiger partial charge in [-0.25, -0.2) is 4.79 Å². The molecule has 0 heterocycles. The summed E-state index contributed by atoms with van der Waals surface area (Å²) >= 11 is 0. The first-order valence-corrected chi connectivity index (χ1v) is 3.69. The van der Waals surface area contributed by atoms with Gasteiger partial charge in [-0.2, -0.15) is 0 Å². The van der Waals surface area contributed by atoms with Gasteiger partial charge in [-0.15, -0.1) is 0 Å². The Morgan fingerprint density at radius 1 is 1.23 bits per heavy atom. The van der Waals surface area contributed by atoms with Crippen LogP contribution in [-0.2, 0) is 4.79 Å². The van der Waals surface area contributed by atoms with Crippen LogP contribution in [0.4, 0.5) is 0 Å². The summed E-state index contributed by atoms with van der Waals surface area (Å²) in [5, 5.41) is 8.36. The van der Waals surface area contributed by atoms with E-state index in [1.165, 1.54) is 6.08 Å². The van der Waals surface area contributed by atoms with E-state index in [0.29, 0.717) is 17.4 Å². The van der Waals surface area contributed by atoms with Gasteiger partial charge in [-0.3, -0.25) is 4.79 Å². The lowest BCUT2D eigenvalue weighted by Gasteiger charge is -1.95. The number of benzene rings is 1. The molecule has 0 aliphatic rings. The Bertz CT molecular complexity index is 353. The highest BCUT2D eigenvalue weighted by molar-refractivity contribution is 5.88. The van der Waals surface area contributed by atoms with E-state index in [2.05, 4.69) is 0 Å². The van der Waals surface area contributed by atoms with Crippen molar-refractivity contribution in [2.45, 2.75) is 0 Å². The number of rotatable bonds is 3. The maximum absolute atomic E-state index is 10.5. The van der Waals surface area contributed by atoms with Crippen molar-refractivity contribution in [2.75, 3.05) is 0 Å². The molecule has 0 fully saturated rings. The van der Waals surface area contributed by atoms with Crippen molar-refractivity contribution in [3.8, 4) is 0 Å². The number of hydrogen-bond acceptors (Lipinski definition) is 2. The number of carboxylic acids is 1. The number of aliphatic carboxylic acids is 1. The van der Waals surface area contributed by atoms with E-state index in [4.69, 9.17) is 5.11 Å². The monoisotopic (exact) mass is 176 g/mol. The SMILES string of the molecule is O=Cc1ccccc1C=CC(=O)O. The topological polar surface area (TPSA) is 54.4 Å². The van der Waals surface area contributed by atoms with E-state index in [9.17, 15) is 9.59 Å². The van der Waals surface area contributed by atoms with Gasteiger partial charge in [0, 0.05) is 11.6 Å². The summed E-state index contributed by atoms with van der Waals surface area (Å²) in [6.07, 6.45) is 3.09. The van der Waals surface area contributed by atoms with Gasteiger partial charge in [0.2, 0.25) is 0 Å². The molecule has 66 valence electrons. The quantitative estimate of drug-likeness (QED) is 0.562. The van der Waals surface area contributed by atoms with Crippen LogP contribution < -0.4 is 0 Å². The van der Waals surface area contributed by atoms with Crippen LogP contribution in [0.25, 0.3) is 6.08 Å². The maximum Gasteiger partial charge on any atom is 0.328 e. The molecule has 3 nitrogen and oxygen atoms in total. The molecule has 0 aromatic heterocycles. The second-order valence-corrected chi connectivity index (χ2v) is 2.42. The predicted molar refractivity (Wildman–Crippen MR) is 48.5 cm³/mol. The molecule has 1 N–H and O–H groups in total. The van der Waals surface area contributed by atoms with Crippen molar-refractivity contribution >= 4 is 18.3 Å². The lowest BCUT2D eigenvalue weighted by molar-refractivity contribution is -0.131. The van der Waals surface area contributed by atoms with E-state index in [1.807, 2.05) is 0 Å². The molecule has 0 saturated heterocycles. The van der Waals surface area contributed by atoms with Gasteiger partial charge >= 0.3 is 5.97 Å². The summed E-state index contributed by atoms with van der Waals surface area (Å²) < 4.78 is 0. The lowest BCUT2D eigenvalue weighted by atomic mass is 10.1. The van der Waals surface area contributed by atoms with E-state index >= 15 is 0 Å². The molecular formula is C10H8O3. The van der Waals surface area contributed by atoms with Crippen molar-refractivity contribution < 1.29 is 14.7 Å². The van der Waals surface area contributed by atoms with E-state index in [-0.39, 0.29) is 0 Å². The van der Waals surface area contributed by atoms with Gasteiger partial charge in [0.1, 0.15) is 0 Å². The van der Waals surface area contributed by atoms with Gasteiger partial charge in [-0.05, 0) is 11.6 Å². The second-order valence-electron chi connectivity index (χ2n) is 2.42. The molecule has 3 heteroatoms. The molecule has 0 aliphatic heterocycles. The largest absolute Gasteiger partial charge is 0.478 e. The standard InChI is InChI=1S/C10H8O3/c11-7-9-4-2-1-3-8(9)5-6-10(12)13/h1-7H,(H,12,13). The Kier molecular flexibility index (Phi) is 2.97. The highest BCUT2D eigenvalue weighted by atomic mass is 16.4. The van der Waals surface area contributed by atoms with Crippen molar-refractivity contribution in [3.63, 3.8) is 0 Å². The van der Waals surface area contributed by atoms with E-state index in [0.717, 1.165) is 6.08 Å². The highest BCUT2D eigenvalue weighted by Crippen LogP contribution is 2.07. The van der Waals surface area contributed by atoms with Crippen LogP contribution in [0.2, 0.25) is 0 Å². The number of carbonyl (C=O) groups is 2. The first-order valence-electron chi connectivity index (χ1n) is 3.69. The minimum absolute atomic E-state index is 0.486. The van der Waals surface area contributed by atoms with Crippen LogP contribution in [0.3, 0.4) is 0 Å². The Hall–Kier alpha value is -1.90. The fraction of sp³-hybridized carbons (Fsp3) is 0. The normalized spacial score (nSPS) is 10.2. The van der Waals surface area contributed by atoms with Gasteiger partial charge in [0.15, 0.2) is 6.29 Å². The average molecular weight is 176 g/mol. The summed E-state index contributed by atoms with van der Waals surface area (Å²) in [6, 6.07) is 6.79. The fourth-order valence-electron chi connectivity index (χ4n) is 0.931. The molecule has 1 rings (SSSR count). The molecule has 0 aliphatic carbocycles. The molecule has 0 radical (unpaired) electrons. The molecule has 0 atom stereocenters. The van der Waals surface area contributed by atoms with Crippen LogP contribution in [0.5, 0.6) is 0 Å². The minimum Gasteiger partial charge on any atom is -0.478 e. The van der Waals surface area contributed by atoms with Gasteiger partial charge < -0.3 is 5.11 Å². The third kappa shape index (κ3) is 2.56. The second kappa shape index (κ2) is 4.21. The molecule has 0 unspecified atom stereocenters. The fourth-order valence-corrected chi connectivity index (χ4v) is 0.931. The number of carboxylic acid groups (broad SMARTS) is 1. The number of aldehydes is 1. The Balaban J connectivity index is 3.00. The van der Waals surface area contributed by atoms with Crippen LogP contribution in [-0.4, -0.2) is 17.4 Å². The Morgan fingerprint density at radius 3 is 2.38 bits per heavy atom. The van der Waals surface area contributed by atoms with Crippen molar-refractivity contribution in [3.05, 3.63) is 41.5 Å². The van der Waals surface area contributed by atoms with E-state index < -0.39 is 5.97 Å². The highest BCUT2D eigenvalue weighted by Gasteiger charge is 1.95. The molecule has 0 saturated carbocycles. The van der Waals surface area contributed by atoms with Crippen LogP contribution in [0.1, 0.15) is 15.9 Å². The molecule has 0 spiro atoms. The maximum atomic E-state index is 10.5. The van der Waals surface area contributed by atoms with Crippen LogP contribution in [0.15, 0.2) is 30.3 Å². The van der Waals surface area contributed by atoms with Crippen molar-refractivity contribution in [2.24, 2.45) is 0 Å². The molecule has 13 heavy (non-hydrogen) atoms. The molecular weight excluding hydrogens is 168 g/mol. The first kappa shape index (κ1) is 9.19. The zero-order valence-corrected chi connectivity index (χ0v) is 6.81. The number of hydrogen-bond donors (Lipinski definition) is 1. The zero-order chi connectivity index (χ0) is 9.68. The number of carbonyl (C=O) groups excluding carboxylic acids is 1. The molecule has 1 aromatic rings. The predicted octanol–water partition coefficient (Wildman–Crippen LogP) is 1.60. The Labute approximate surface area is 75.3 Å². The summed E-state index contributed by atoms with van der Waals surface area (Å²) in [4.78, 5) is 20.7. The Morgan fingerprint density at radius 2 is 1.85 bits per heavy atom. The van der Waals surface area contributed by atoms with Gasteiger partial charge in [0.25, 0.3) is 0 Å². The smallest absolute Gasteiger partial charge is 0.328 e. The van der Waals surface area contributed by atoms with Gasteiger partial charge in [0.05, 0.1) is 0 Å².